The van der Waals surface area contributed by atoms with E-state index in [1.54, 1.807) is 25.1 Å². The van der Waals surface area contributed by atoms with Gasteiger partial charge in [-0.25, -0.2) is 4.98 Å². The van der Waals surface area contributed by atoms with Crippen LogP contribution in [0.5, 0.6) is 11.5 Å². The topological polar surface area (TPSA) is 93.9 Å². The van der Waals surface area contributed by atoms with Crippen molar-refractivity contribution < 1.29 is 23.5 Å². The van der Waals surface area contributed by atoms with Gasteiger partial charge in [0.1, 0.15) is 5.76 Å². The number of hydrogen-bond donors (Lipinski definition) is 1. The summed E-state index contributed by atoms with van der Waals surface area (Å²) in [4.78, 5) is 31.2. The minimum Gasteiger partial charge on any atom is -0.454 e. The molecule has 4 rings (SSSR count). The van der Waals surface area contributed by atoms with Crippen molar-refractivity contribution in [3.63, 3.8) is 0 Å². The lowest BCUT2D eigenvalue weighted by Gasteiger charge is -2.29. The molecule has 8 heteroatoms. The number of ether oxygens (including phenoxy) is 2. The Morgan fingerprint density at radius 1 is 1.21 bits per heavy atom. The van der Waals surface area contributed by atoms with Crippen molar-refractivity contribution in [3.05, 3.63) is 41.1 Å². The molecule has 0 spiro atoms. The Bertz CT molecular complexity index is 899. The zero-order chi connectivity index (χ0) is 19.7. The highest BCUT2D eigenvalue weighted by Crippen LogP contribution is 2.32. The lowest BCUT2D eigenvalue weighted by molar-refractivity contribution is 0.0690. The molecule has 1 aromatic carbocycles. The zero-order valence-corrected chi connectivity index (χ0v) is 16.0. The summed E-state index contributed by atoms with van der Waals surface area (Å²) in [5.41, 5.74) is 0.771. The molecule has 2 aliphatic rings. The summed E-state index contributed by atoms with van der Waals surface area (Å²) in [5, 5.41) is 2.75. The Morgan fingerprint density at radius 2 is 1.96 bits per heavy atom. The maximum Gasteiger partial charge on any atom is 0.276 e. The predicted octanol–water partition coefficient (Wildman–Crippen LogP) is 2.51. The van der Waals surface area contributed by atoms with Crippen molar-refractivity contribution in [2.75, 3.05) is 19.9 Å². The largest absolute Gasteiger partial charge is 0.454 e. The van der Waals surface area contributed by atoms with Crippen LogP contribution in [0.4, 0.5) is 0 Å². The first kappa shape index (κ1) is 18.3. The van der Waals surface area contributed by atoms with E-state index in [0.29, 0.717) is 40.3 Å². The number of carbonyl (C=O) groups excluding carboxylic acids is 2. The molecule has 148 valence electrons. The third kappa shape index (κ3) is 3.67. The van der Waals surface area contributed by atoms with Crippen LogP contribution >= 0.6 is 0 Å². The summed E-state index contributed by atoms with van der Waals surface area (Å²) < 4.78 is 16.1. The fraction of sp³-hybridized carbons (Fsp3) is 0.450. The van der Waals surface area contributed by atoms with E-state index in [4.69, 9.17) is 13.9 Å². The quantitative estimate of drug-likeness (QED) is 0.869. The highest BCUT2D eigenvalue weighted by Gasteiger charge is 2.26. The van der Waals surface area contributed by atoms with Crippen LogP contribution in [0.1, 0.15) is 52.3 Å². The first-order chi connectivity index (χ1) is 13.5. The molecular formula is C20H23N3O5. The SMILES string of the molecule is Cc1oc(CNC(=O)c2ccc3c(c2)OCO3)nc1C(=O)N1CCC(C)CC1. The van der Waals surface area contributed by atoms with Crippen LogP contribution in [0.3, 0.4) is 0 Å². The lowest BCUT2D eigenvalue weighted by atomic mass is 9.99. The molecule has 1 aromatic heterocycles. The monoisotopic (exact) mass is 385 g/mol. The van der Waals surface area contributed by atoms with E-state index in [0.717, 1.165) is 25.9 Å². The number of piperidine rings is 1. The van der Waals surface area contributed by atoms with E-state index in [-0.39, 0.29) is 25.2 Å². The Morgan fingerprint density at radius 3 is 2.75 bits per heavy atom. The van der Waals surface area contributed by atoms with Gasteiger partial charge in [-0.1, -0.05) is 6.92 Å². The Balaban J connectivity index is 1.38. The third-order valence-corrected chi connectivity index (χ3v) is 5.15. The van der Waals surface area contributed by atoms with Gasteiger partial charge in [-0.15, -0.1) is 0 Å². The number of benzene rings is 1. The maximum atomic E-state index is 12.7. The average molecular weight is 385 g/mol. The number of hydrogen-bond acceptors (Lipinski definition) is 6. The molecule has 2 aromatic rings. The fourth-order valence-electron chi connectivity index (χ4n) is 3.38. The zero-order valence-electron chi connectivity index (χ0n) is 16.0. The molecule has 3 heterocycles. The second-order valence-corrected chi connectivity index (χ2v) is 7.24. The van der Waals surface area contributed by atoms with E-state index >= 15 is 0 Å². The number of aromatic nitrogens is 1. The number of aryl methyl sites for hydroxylation is 1. The van der Waals surface area contributed by atoms with Crippen molar-refractivity contribution in [2.24, 2.45) is 5.92 Å². The molecule has 28 heavy (non-hydrogen) atoms. The van der Waals surface area contributed by atoms with Gasteiger partial charge in [0.15, 0.2) is 17.2 Å². The van der Waals surface area contributed by atoms with Crippen molar-refractivity contribution >= 4 is 11.8 Å². The van der Waals surface area contributed by atoms with Crippen LogP contribution in [0.25, 0.3) is 0 Å². The Hall–Kier alpha value is -3.03. The molecule has 2 aliphatic heterocycles. The maximum absolute atomic E-state index is 12.7. The van der Waals surface area contributed by atoms with Gasteiger partial charge < -0.3 is 24.1 Å². The molecule has 1 saturated heterocycles. The number of nitrogens with one attached hydrogen (secondary N) is 1. The van der Waals surface area contributed by atoms with E-state index < -0.39 is 0 Å². The van der Waals surface area contributed by atoms with Gasteiger partial charge in [0.2, 0.25) is 12.7 Å². The van der Waals surface area contributed by atoms with Crippen molar-refractivity contribution in [1.29, 1.82) is 0 Å². The number of amides is 2. The van der Waals surface area contributed by atoms with E-state index in [2.05, 4.69) is 17.2 Å². The highest BCUT2D eigenvalue weighted by molar-refractivity contribution is 5.95. The summed E-state index contributed by atoms with van der Waals surface area (Å²) in [7, 11) is 0. The van der Waals surface area contributed by atoms with Crippen LogP contribution < -0.4 is 14.8 Å². The number of likely N-dealkylation sites (tertiary alicyclic amines) is 1. The number of rotatable bonds is 4. The standard InChI is InChI=1S/C20H23N3O5/c1-12-5-7-23(8-6-12)20(25)18-13(2)28-17(22-18)10-21-19(24)14-3-4-15-16(9-14)27-11-26-15/h3-4,9,12H,5-8,10-11H2,1-2H3,(H,21,24). The molecule has 0 radical (unpaired) electrons. The third-order valence-electron chi connectivity index (χ3n) is 5.15. The first-order valence-corrected chi connectivity index (χ1v) is 9.44. The van der Waals surface area contributed by atoms with Gasteiger partial charge in [0.05, 0.1) is 6.54 Å². The molecule has 1 N–H and O–H groups in total. The summed E-state index contributed by atoms with van der Waals surface area (Å²) in [5.74, 6) is 2.19. The van der Waals surface area contributed by atoms with Gasteiger partial charge in [0, 0.05) is 18.7 Å². The number of oxazole rings is 1. The average Bonchev–Trinajstić information content (AvgIpc) is 3.31. The van der Waals surface area contributed by atoms with Crippen LogP contribution in [0, 0.1) is 12.8 Å². The number of carbonyl (C=O) groups is 2. The molecule has 0 saturated carbocycles. The molecular weight excluding hydrogens is 362 g/mol. The Labute approximate surface area is 162 Å². The molecule has 0 bridgehead atoms. The van der Waals surface area contributed by atoms with E-state index in [9.17, 15) is 9.59 Å². The van der Waals surface area contributed by atoms with Crippen molar-refractivity contribution in [3.8, 4) is 11.5 Å². The fourth-order valence-corrected chi connectivity index (χ4v) is 3.38. The van der Waals surface area contributed by atoms with Crippen LogP contribution in [0.2, 0.25) is 0 Å². The van der Waals surface area contributed by atoms with Crippen LogP contribution in [-0.4, -0.2) is 41.6 Å². The highest BCUT2D eigenvalue weighted by atomic mass is 16.7. The molecule has 0 aliphatic carbocycles. The lowest BCUT2D eigenvalue weighted by Crippen LogP contribution is -2.38. The second-order valence-electron chi connectivity index (χ2n) is 7.24. The summed E-state index contributed by atoms with van der Waals surface area (Å²) in [6, 6.07) is 4.99. The second kappa shape index (κ2) is 7.53. The van der Waals surface area contributed by atoms with Gasteiger partial charge in [-0.2, -0.15) is 0 Å². The summed E-state index contributed by atoms with van der Waals surface area (Å²) >= 11 is 0. The molecule has 8 nitrogen and oxygen atoms in total. The van der Waals surface area contributed by atoms with E-state index in [1.165, 1.54) is 0 Å². The molecule has 0 atom stereocenters. The molecule has 2 amide bonds. The summed E-state index contributed by atoms with van der Waals surface area (Å²) in [6.45, 7) is 5.65. The molecule has 0 unspecified atom stereocenters. The first-order valence-electron chi connectivity index (χ1n) is 9.44. The smallest absolute Gasteiger partial charge is 0.276 e. The van der Waals surface area contributed by atoms with Gasteiger partial charge in [-0.3, -0.25) is 9.59 Å². The van der Waals surface area contributed by atoms with Crippen molar-refractivity contribution in [2.45, 2.75) is 33.2 Å². The minimum atomic E-state index is -0.285. The van der Waals surface area contributed by atoms with Gasteiger partial charge >= 0.3 is 0 Å². The van der Waals surface area contributed by atoms with E-state index in [1.807, 2.05) is 4.90 Å². The Kier molecular flexibility index (Phi) is 4.93. The van der Waals surface area contributed by atoms with Gasteiger partial charge in [-0.05, 0) is 43.9 Å². The van der Waals surface area contributed by atoms with Crippen LogP contribution in [-0.2, 0) is 6.54 Å². The predicted molar refractivity (Wildman–Crippen MR) is 99.3 cm³/mol. The van der Waals surface area contributed by atoms with Gasteiger partial charge in [0.25, 0.3) is 11.8 Å². The summed E-state index contributed by atoms with van der Waals surface area (Å²) in [6.07, 6.45) is 2.00. The minimum absolute atomic E-state index is 0.0957. The van der Waals surface area contributed by atoms with Crippen molar-refractivity contribution in [1.82, 2.24) is 15.2 Å². The number of nitrogens with zero attached hydrogens (tertiary/aromatic N) is 2. The molecule has 1 fully saturated rings. The normalized spacial score (nSPS) is 16.3. The van der Waals surface area contributed by atoms with Crippen LogP contribution in [0.15, 0.2) is 22.6 Å². The number of fused-ring (bicyclic) bond motifs is 1.